The lowest BCUT2D eigenvalue weighted by molar-refractivity contribution is 0.614. The zero-order chi connectivity index (χ0) is 12.4. The fourth-order valence-corrected chi connectivity index (χ4v) is 2.82. The van der Waals surface area contributed by atoms with E-state index in [0.717, 1.165) is 11.3 Å². The largest absolute Gasteiger partial charge is 0.309 e. The first-order chi connectivity index (χ1) is 8.13. The van der Waals surface area contributed by atoms with Crippen LogP contribution in [0.15, 0.2) is 23.7 Å². The van der Waals surface area contributed by atoms with Crippen molar-refractivity contribution in [1.29, 1.82) is 0 Å². The molecule has 0 aliphatic carbocycles. The van der Waals surface area contributed by atoms with E-state index in [2.05, 4.69) is 10.3 Å². The lowest BCUT2D eigenvalue weighted by Crippen LogP contribution is -2.17. The molecule has 0 amide bonds. The highest BCUT2D eigenvalue weighted by molar-refractivity contribution is 7.09. The van der Waals surface area contributed by atoms with Gasteiger partial charge in [0.15, 0.2) is 0 Å². The van der Waals surface area contributed by atoms with Crippen LogP contribution >= 0.6 is 11.3 Å². The molecular weight excluding hydrogens is 235 g/mol. The second-order valence-electron chi connectivity index (χ2n) is 4.03. The monoisotopic (exact) mass is 250 g/mol. The van der Waals surface area contributed by atoms with E-state index in [-0.39, 0.29) is 11.9 Å². The van der Waals surface area contributed by atoms with Crippen LogP contribution in [0.3, 0.4) is 0 Å². The molecule has 0 bridgehead atoms. The zero-order valence-electron chi connectivity index (χ0n) is 10.1. The van der Waals surface area contributed by atoms with Crippen molar-refractivity contribution >= 4 is 11.3 Å². The maximum absolute atomic E-state index is 13.3. The van der Waals surface area contributed by atoms with Crippen LogP contribution in [-0.4, -0.2) is 12.0 Å². The number of aryl methyl sites for hydroxylation is 2. The van der Waals surface area contributed by atoms with E-state index in [1.807, 2.05) is 31.6 Å². The van der Waals surface area contributed by atoms with E-state index < -0.39 is 0 Å². The maximum Gasteiger partial charge on any atom is 0.126 e. The number of hydrogen-bond donors (Lipinski definition) is 1. The molecule has 0 radical (unpaired) electrons. The zero-order valence-corrected chi connectivity index (χ0v) is 10.9. The lowest BCUT2D eigenvalue weighted by atomic mass is 10.0. The Morgan fingerprint density at radius 1 is 1.35 bits per heavy atom. The van der Waals surface area contributed by atoms with E-state index in [1.54, 1.807) is 18.3 Å². The minimum absolute atomic E-state index is 0.0850. The topological polar surface area (TPSA) is 24.9 Å². The van der Waals surface area contributed by atoms with Gasteiger partial charge >= 0.3 is 0 Å². The second kappa shape index (κ2) is 4.94. The van der Waals surface area contributed by atoms with Crippen LogP contribution in [-0.2, 0) is 0 Å². The Balaban J connectivity index is 2.42. The van der Waals surface area contributed by atoms with Crippen LogP contribution in [0, 0.1) is 19.7 Å². The third-order valence-electron chi connectivity index (χ3n) is 2.85. The van der Waals surface area contributed by atoms with Crippen molar-refractivity contribution in [3.05, 3.63) is 51.2 Å². The van der Waals surface area contributed by atoms with Gasteiger partial charge in [-0.3, -0.25) is 0 Å². The summed E-state index contributed by atoms with van der Waals surface area (Å²) >= 11 is 1.62. The Hall–Kier alpha value is -1.26. The molecule has 1 aromatic heterocycles. The predicted octanol–water partition coefficient (Wildman–Crippen LogP) is 3.21. The molecule has 17 heavy (non-hydrogen) atoms. The molecular formula is C13H15FN2S. The van der Waals surface area contributed by atoms with Gasteiger partial charge in [0.1, 0.15) is 5.82 Å². The maximum atomic E-state index is 13.3. The summed E-state index contributed by atoms with van der Waals surface area (Å²) < 4.78 is 13.3. The van der Waals surface area contributed by atoms with Gasteiger partial charge in [-0.2, -0.15) is 0 Å². The molecule has 1 unspecified atom stereocenters. The third-order valence-corrected chi connectivity index (χ3v) is 3.84. The SMILES string of the molecule is CNC(c1ccc(F)c(C)c1)c1scnc1C. The van der Waals surface area contributed by atoms with Gasteiger partial charge in [-0.15, -0.1) is 11.3 Å². The number of halogens is 1. The van der Waals surface area contributed by atoms with Gasteiger partial charge in [0.25, 0.3) is 0 Å². The average molecular weight is 250 g/mol. The Bertz CT molecular complexity index is 522. The van der Waals surface area contributed by atoms with Crippen molar-refractivity contribution in [1.82, 2.24) is 10.3 Å². The summed E-state index contributed by atoms with van der Waals surface area (Å²) in [6, 6.07) is 5.31. The normalized spacial score (nSPS) is 12.7. The number of hydrogen-bond acceptors (Lipinski definition) is 3. The molecule has 0 fully saturated rings. The molecule has 0 aliphatic rings. The van der Waals surface area contributed by atoms with E-state index in [0.29, 0.717) is 5.56 Å². The van der Waals surface area contributed by atoms with Crippen molar-refractivity contribution in [3.63, 3.8) is 0 Å². The molecule has 2 nitrogen and oxygen atoms in total. The van der Waals surface area contributed by atoms with Crippen LogP contribution in [0.1, 0.15) is 27.7 Å². The highest BCUT2D eigenvalue weighted by Crippen LogP contribution is 2.28. The third kappa shape index (κ3) is 2.37. The minimum Gasteiger partial charge on any atom is -0.309 e. The Kier molecular flexibility index (Phi) is 3.54. The molecule has 4 heteroatoms. The van der Waals surface area contributed by atoms with E-state index in [4.69, 9.17) is 0 Å². The number of benzene rings is 1. The van der Waals surface area contributed by atoms with Gasteiger partial charge < -0.3 is 5.32 Å². The predicted molar refractivity (Wildman–Crippen MR) is 68.9 cm³/mol. The molecule has 1 heterocycles. The standard InChI is InChI=1S/C13H15FN2S/c1-8-6-10(4-5-11(8)14)12(15-3)13-9(2)16-7-17-13/h4-7,12,15H,1-3H3. The van der Waals surface area contributed by atoms with Crippen LogP contribution in [0.25, 0.3) is 0 Å². The van der Waals surface area contributed by atoms with Gasteiger partial charge in [0.2, 0.25) is 0 Å². The first-order valence-corrected chi connectivity index (χ1v) is 6.34. The van der Waals surface area contributed by atoms with Crippen molar-refractivity contribution in [2.75, 3.05) is 7.05 Å². The molecule has 0 saturated heterocycles. The van der Waals surface area contributed by atoms with Crippen molar-refractivity contribution < 1.29 is 4.39 Å². The van der Waals surface area contributed by atoms with Crippen molar-refractivity contribution in [2.45, 2.75) is 19.9 Å². The summed E-state index contributed by atoms with van der Waals surface area (Å²) in [5.41, 5.74) is 4.60. The van der Waals surface area contributed by atoms with Crippen LogP contribution < -0.4 is 5.32 Å². The van der Waals surface area contributed by atoms with Gasteiger partial charge in [-0.1, -0.05) is 12.1 Å². The summed E-state index contributed by atoms with van der Waals surface area (Å²) in [7, 11) is 1.91. The smallest absolute Gasteiger partial charge is 0.126 e. The summed E-state index contributed by atoms with van der Waals surface area (Å²) in [5.74, 6) is -0.162. The van der Waals surface area contributed by atoms with Gasteiger partial charge in [-0.05, 0) is 38.1 Å². The van der Waals surface area contributed by atoms with Gasteiger partial charge in [0, 0.05) is 4.88 Å². The second-order valence-corrected chi connectivity index (χ2v) is 4.92. The van der Waals surface area contributed by atoms with Crippen LogP contribution in [0.5, 0.6) is 0 Å². The molecule has 0 spiro atoms. The summed E-state index contributed by atoms with van der Waals surface area (Å²) in [6.07, 6.45) is 0. The van der Waals surface area contributed by atoms with Crippen molar-refractivity contribution in [3.8, 4) is 0 Å². The first-order valence-electron chi connectivity index (χ1n) is 5.46. The molecule has 90 valence electrons. The number of thiazole rings is 1. The van der Waals surface area contributed by atoms with Gasteiger partial charge in [-0.25, -0.2) is 9.37 Å². The molecule has 1 atom stereocenters. The molecule has 2 rings (SSSR count). The summed E-state index contributed by atoms with van der Waals surface area (Å²) in [6.45, 7) is 3.78. The molecule has 2 aromatic rings. The summed E-state index contributed by atoms with van der Waals surface area (Å²) in [4.78, 5) is 5.43. The fraction of sp³-hybridized carbons (Fsp3) is 0.308. The Morgan fingerprint density at radius 3 is 2.65 bits per heavy atom. The first kappa shape index (κ1) is 12.2. The molecule has 1 aromatic carbocycles. The van der Waals surface area contributed by atoms with Crippen molar-refractivity contribution in [2.24, 2.45) is 0 Å². The number of nitrogens with one attached hydrogen (secondary N) is 1. The Labute approximate surface area is 105 Å². The fourth-order valence-electron chi connectivity index (χ4n) is 1.88. The summed E-state index contributed by atoms with van der Waals surface area (Å²) in [5, 5.41) is 3.26. The van der Waals surface area contributed by atoms with E-state index >= 15 is 0 Å². The Morgan fingerprint density at radius 2 is 2.12 bits per heavy atom. The van der Waals surface area contributed by atoms with E-state index in [1.165, 1.54) is 10.9 Å². The molecule has 1 N–H and O–H groups in total. The van der Waals surface area contributed by atoms with E-state index in [9.17, 15) is 4.39 Å². The lowest BCUT2D eigenvalue weighted by Gasteiger charge is -2.16. The molecule has 0 saturated carbocycles. The average Bonchev–Trinajstić information content (AvgIpc) is 2.71. The van der Waals surface area contributed by atoms with Crippen LogP contribution in [0.4, 0.5) is 4.39 Å². The van der Waals surface area contributed by atoms with Crippen LogP contribution in [0.2, 0.25) is 0 Å². The van der Waals surface area contributed by atoms with Gasteiger partial charge in [0.05, 0.1) is 17.2 Å². The molecule has 0 aliphatic heterocycles. The number of aromatic nitrogens is 1. The highest BCUT2D eigenvalue weighted by Gasteiger charge is 2.17. The number of nitrogens with zero attached hydrogens (tertiary/aromatic N) is 1. The highest BCUT2D eigenvalue weighted by atomic mass is 32.1. The minimum atomic E-state index is -0.162. The quantitative estimate of drug-likeness (QED) is 0.904. The number of rotatable bonds is 3.